The Balaban J connectivity index is 2.08. The zero-order valence-corrected chi connectivity index (χ0v) is 8.33. The molecule has 0 N–H and O–H groups in total. The van der Waals surface area contributed by atoms with Crippen LogP contribution in [0.25, 0.3) is 0 Å². The highest BCUT2D eigenvalue weighted by Crippen LogP contribution is 2.48. The van der Waals surface area contributed by atoms with Crippen molar-refractivity contribution in [2.24, 2.45) is 5.92 Å². The Bertz CT molecular complexity index is 305. The van der Waals surface area contributed by atoms with Crippen molar-refractivity contribution in [3.63, 3.8) is 0 Å². The van der Waals surface area contributed by atoms with E-state index in [2.05, 4.69) is 50.3 Å². The monoisotopic (exact) mass is 172 g/mol. The summed E-state index contributed by atoms with van der Waals surface area (Å²) in [5, 5.41) is 0. The molecule has 1 aromatic rings. The summed E-state index contributed by atoms with van der Waals surface area (Å²) < 4.78 is 0. The molecule has 0 aromatic heterocycles. The van der Waals surface area contributed by atoms with Crippen LogP contribution in [0.1, 0.15) is 30.4 Å². The molecule has 68 valence electrons. The molecule has 2 rings (SSSR count). The first kappa shape index (κ1) is 8.55. The van der Waals surface area contributed by atoms with Crippen LogP contribution in [0.3, 0.4) is 0 Å². The van der Waals surface area contributed by atoms with Gasteiger partial charge in [0.15, 0.2) is 0 Å². The Hall–Kier alpha value is -1.04. The van der Waals surface area contributed by atoms with E-state index in [9.17, 15) is 0 Å². The fourth-order valence-corrected chi connectivity index (χ4v) is 1.87. The minimum Gasteiger partial charge on any atom is -0.0914 e. The molecule has 0 nitrogen and oxygen atoms in total. The fraction of sp³-hybridized carbons (Fsp3) is 0.385. The van der Waals surface area contributed by atoms with Gasteiger partial charge >= 0.3 is 0 Å². The van der Waals surface area contributed by atoms with Gasteiger partial charge in [0.1, 0.15) is 0 Å². The van der Waals surface area contributed by atoms with Gasteiger partial charge in [-0.05, 0) is 37.7 Å². The number of benzene rings is 1. The number of rotatable bonds is 2. The maximum atomic E-state index is 2.32. The van der Waals surface area contributed by atoms with E-state index in [0.29, 0.717) is 0 Å². The first-order valence-corrected chi connectivity index (χ1v) is 5.00. The van der Waals surface area contributed by atoms with E-state index in [4.69, 9.17) is 0 Å². The minimum absolute atomic E-state index is 0.803. The van der Waals surface area contributed by atoms with Crippen molar-refractivity contribution < 1.29 is 0 Å². The highest BCUT2D eigenvalue weighted by Gasteiger charge is 2.35. The summed E-state index contributed by atoms with van der Waals surface area (Å²) in [6.07, 6.45) is 5.83. The second-order valence-corrected chi connectivity index (χ2v) is 3.94. The maximum absolute atomic E-state index is 2.32. The van der Waals surface area contributed by atoms with Gasteiger partial charge in [-0.25, -0.2) is 0 Å². The maximum Gasteiger partial charge on any atom is -0.00930 e. The molecule has 0 aliphatic heterocycles. The van der Waals surface area contributed by atoms with E-state index in [1.807, 2.05) is 0 Å². The third-order valence-electron chi connectivity index (χ3n) is 2.78. The van der Waals surface area contributed by atoms with E-state index in [1.54, 1.807) is 0 Å². The molecule has 0 heterocycles. The van der Waals surface area contributed by atoms with Gasteiger partial charge < -0.3 is 0 Å². The highest BCUT2D eigenvalue weighted by atomic mass is 14.4. The Labute approximate surface area is 80.3 Å². The average molecular weight is 172 g/mol. The summed E-state index contributed by atoms with van der Waals surface area (Å²) in [6.45, 7) is 4.24. The third kappa shape index (κ3) is 1.82. The molecule has 1 aliphatic carbocycles. The van der Waals surface area contributed by atoms with Crippen LogP contribution in [-0.4, -0.2) is 0 Å². The Kier molecular flexibility index (Phi) is 2.22. The van der Waals surface area contributed by atoms with Crippen LogP contribution in [0, 0.1) is 12.8 Å². The highest BCUT2D eigenvalue weighted by molar-refractivity contribution is 5.30. The molecule has 0 amide bonds. The van der Waals surface area contributed by atoms with Gasteiger partial charge in [-0.3, -0.25) is 0 Å². The van der Waals surface area contributed by atoms with E-state index in [0.717, 1.165) is 11.8 Å². The van der Waals surface area contributed by atoms with Crippen LogP contribution in [0.2, 0.25) is 0 Å². The summed E-state index contributed by atoms with van der Waals surface area (Å²) in [7, 11) is 0. The molecule has 1 aliphatic rings. The van der Waals surface area contributed by atoms with Gasteiger partial charge in [0.2, 0.25) is 0 Å². The van der Waals surface area contributed by atoms with Crippen LogP contribution in [0.15, 0.2) is 36.4 Å². The zero-order valence-electron chi connectivity index (χ0n) is 8.33. The molecule has 0 spiro atoms. The standard InChI is InChI=1S/C13H16/c1-3-4-12-9-13(12)11-7-5-10(2)6-8-11/h3-8,12-13H,9H2,1-2H3/b4-3-. The van der Waals surface area contributed by atoms with Gasteiger partial charge in [-0.2, -0.15) is 0 Å². The third-order valence-corrected chi connectivity index (χ3v) is 2.78. The summed E-state index contributed by atoms with van der Waals surface area (Å²) in [4.78, 5) is 0. The number of hydrogen-bond acceptors (Lipinski definition) is 0. The van der Waals surface area contributed by atoms with Crippen molar-refractivity contribution in [3.8, 4) is 0 Å². The van der Waals surface area contributed by atoms with Crippen molar-refractivity contribution in [2.75, 3.05) is 0 Å². The first-order valence-electron chi connectivity index (χ1n) is 5.00. The van der Waals surface area contributed by atoms with Crippen LogP contribution < -0.4 is 0 Å². The summed E-state index contributed by atoms with van der Waals surface area (Å²) in [5.74, 6) is 1.62. The second kappa shape index (κ2) is 3.37. The van der Waals surface area contributed by atoms with Crippen molar-refractivity contribution >= 4 is 0 Å². The first-order chi connectivity index (χ1) is 6.31. The predicted octanol–water partition coefficient (Wildman–Crippen LogP) is 3.67. The quantitative estimate of drug-likeness (QED) is 0.597. The van der Waals surface area contributed by atoms with Crippen molar-refractivity contribution in [1.82, 2.24) is 0 Å². The van der Waals surface area contributed by atoms with Gasteiger partial charge in [0, 0.05) is 0 Å². The molecule has 0 radical (unpaired) electrons. The molecular formula is C13H16. The molecule has 1 aromatic carbocycles. The Morgan fingerprint density at radius 2 is 1.92 bits per heavy atom. The Morgan fingerprint density at radius 1 is 1.23 bits per heavy atom. The summed E-state index contributed by atoms with van der Waals surface area (Å²) in [5.41, 5.74) is 2.86. The van der Waals surface area contributed by atoms with Crippen molar-refractivity contribution in [1.29, 1.82) is 0 Å². The number of hydrogen-bond donors (Lipinski definition) is 0. The van der Waals surface area contributed by atoms with E-state index in [-0.39, 0.29) is 0 Å². The fourth-order valence-electron chi connectivity index (χ4n) is 1.87. The molecular weight excluding hydrogens is 156 g/mol. The molecule has 0 saturated heterocycles. The summed E-state index contributed by atoms with van der Waals surface area (Å²) >= 11 is 0. The van der Waals surface area contributed by atoms with E-state index >= 15 is 0 Å². The van der Waals surface area contributed by atoms with E-state index in [1.165, 1.54) is 17.5 Å². The lowest BCUT2D eigenvalue weighted by molar-refractivity contribution is 1.01. The zero-order chi connectivity index (χ0) is 9.26. The van der Waals surface area contributed by atoms with Crippen molar-refractivity contribution in [3.05, 3.63) is 47.5 Å². The van der Waals surface area contributed by atoms with Crippen LogP contribution >= 0.6 is 0 Å². The van der Waals surface area contributed by atoms with Gasteiger partial charge in [0.25, 0.3) is 0 Å². The lowest BCUT2D eigenvalue weighted by Gasteiger charge is -1.98. The van der Waals surface area contributed by atoms with Crippen LogP contribution in [-0.2, 0) is 0 Å². The van der Waals surface area contributed by atoms with Gasteiger partial charge in [-0.1, -0.05) is 42.0 Å². The lowest BCUT2D eigenvalue weighted by Crippen LogP contribution is -1.81. The molecule has 0 bridgehead atoms. The van der Waals surface area contributed by atoms with Gasteiger partial charge in [-0.15, -0.1) is 0 Å². The largest absolute Gasteiger partial charge is 0.0914 e. The van der Waals surface area contributed by atoms with Crippen LogP contribution in [0.5, 0.6) is 0 Å². The SMILES string of the molecule is C/C=C\C1CC1c1ccc(C)cc1. The number of aryl methyl sites for hydroxylation is 1. The molecule has 13 heavy (non-hydrogen) atoms. The lowest BCUT2D eigenvalue weighted by atomic mass is 10.1. The van der Waals surface area contributed by atoms with Crippen LogP contribution in [0.4, 0.5) is 0 Å². The normalized spacial score (nSPS) is 26.6. The minimum atomic E-state index is 0.803. The molecule has 2 unspecified atom stereocenters. The second-order valence-electron chi connectivity index (χ2n) is 3.94. The average Bonchev–Trinajstić information content (AvgIpc) is 2.86. The number of allylic oxidation sites excluding steroid dienone is 2. The summed E-state index contributed by atoms with van der Waals surface area (Å²) in [6, 6.07) is 8.95. The molecule has 1 saturated carbocycles. The van der Waals surface area contributed by atoms with Gasteiger partial charge in [0.05, 0.1) is 0 Å². The Morgan fingerprint density at radius 3 is 2.54 bits per heavy atom. The van der Waals surface area contributed by atoms with E-state index < -0.39 is 0 Å². The predicted molar refractivity (Wildman–Crippen MR) is 56.8 cm³/mol. The molecule has 1 fully saturated rings. The molecule has 2 atom stereocenters. The topological polar surface area (TPSA) is 0 Å². The smallest absolute Gasteiger partial charge is 0.00930 e. The van der Waals surface area contributed by atoms with Crippen molar-refractivity contribution in [2.45, 2.75) is 26.2 Å². The molecule has 0 heteroatoms.